The Morgan fingerprint density at radius 3 is 1.86 bits per heavy atom. The second-order valence-corrected chi connectivity index (χ2v) is 10.00. The van der Waals surface area contributed by atoms with Crippen LogP contribution >= 0.6 is 23.4 Å². The molecule has 0 saturated carbocycles. The maximum absolute atomic E-state index is 13.2. The summed E-state index contributed by atoms with van der Waals surface area (Å²) in [6.45, 7) is 0. The molecule has 190 valence electrons. The van der Waals surface area contributed by atoms with Crippen LogP contribution in [-0.4, -0.2) is 40.0 Å². The molecule has 1 aliphatic rings. The number of benzene rings is 2. The molecule has 1 saturated heterocycles. The highest BCUT2D eigenvalue weighted by molar-refractivity contribution is 8.16. The second kappa shape index (κ2) is 9.08. The minimum absolute atomic E-state index is 0.107. The number of anilines is 1. The molecule has 1 aromatic heterocycles. The highest BCUT2D eigenvalue weighted by Crippen LogP contribution is 2.36. The zero-order valence-corrected chi connectivity index (χ0v) is 19.6. The first-order valence-electron chi connectivity index (χ1n) is 9.45. The van der Waals surface area contributed by atoms with Gasteiger partial charge in [-0.05, 0) is 48.5 Å². The lowest BCUT2D eigenvalue weighted by Gasteiger charge is -2.16. The highest BCUT2D eigenvalue weighted by Gasteiger charge is 2.45. The average Bonchev–Trinajstić information content (AvgIpc) is 3.39. The Kier molecular flexibility index (Phi) is 6.55. The highest BCUT2D eigenvalue weighted by atomic mass is 35.5. The minimum Gasteiger partial charge on any atom is -0.273 e. The summed E-state index contributed by atoms with van der Waals surface area (Å²) in [6, 6.07) is 8.92. The minimum atomic E-state index is -5.27. The van der Waals surface area contributed by atoms with Crippen LogP contribution in [0.4, 0.5) is 32.0 Å². The number of amides is 1. The Labute approximate surface area is 207 Å². The third kappa shape index (κ3) is 5.05. The number of aromatic nitrogens is 3. The zero-order valence-electron chi connectivity index (χ0n) is 17.2. The van der Waals surface area contributed by atoms with Crippen molar-refractivity contribution in [2.45, 2.75) is 17.2 Å². The lowest BCUT2D eigenvalue weighted by Crippen LogP contribution is -2.29. The smallest absolute Gasteiger partial charge is 0.273 e. The van der Waals surface area contributed by atoms with Crippen molar-refractivity contribution < 1.29 is 39.6 Å². The van der Waals surface area contributed by atoms with Gasteiger partial charge in [-0.3, -0.25) is 14.3 Å². The van der Waals surface area contributed by atoms with E-state index in [4.69, 9.17) is 11.6 Å². The topological polar surface area (TPSA) is 97.5 Å². The van der Waals surface area contributed by atoms with Crippen LogP contribution in [0.2, 0.25) is 5.02 Å². The molecule has 0 spiro atoms. The van der Waals surface area contributed by atoms with Crippen molar-refractivity contribution in [3.8, 4) is 5.69 Å². The van der Waals surface area contributed by atoms with E-state index in [1.165, 1.54) is 24.3 Å². The number of halogens is 7. The molecule has 1 fully saturated rings. The third-order valence-corrected chi connectivity index (χ3v) is 7.18. The molecule has 8 nitrogen and oxygen atoms in total. The molecule has 0 radical (unpaired) electrons. The predicted octanol–water partition coefficient (Wildman–Crippen LogP) is 4.78. The quantitative estimate of drug-likeness (QED) is 0.420. The summed E-state index contributed by atoms with van der Waals surface area (Å²) in [7, 11) is -4.52. The molecule has 1 amide bonds. The normalized spacial score (nSPS) is 16.2. The number of nitrogens with zero attached hydrogens (tertiary/aromatic N) is 5. The van der Waals surface area contributed by atoms with Crippen molar-refractivity contribution in [3.63, 3.8) is 0 Å². The van der Waals surface area contributed by atoms with Gasteiger partial charge in [0.2, 0.25) is 17.6 Å². The molecule has 0 aliphatic carbocycles. The van der Waals surface area contributed by atoms with Crippen LogP contribution in [0.3, 0.4) is 0 Å². The van der Waals surface area contributed by atoms with Crippen LogP contribution < -0.4 is 4.90 Å². The summed E-state index contributed by atoms with van der Waals surface area (Å²) in [4.78, 5) is 12.8. The molecule has 2 heterocycles. The number of hydrogen-bond donors (Lipinski definition) is 0. The van der Waals surface area contributed by atoms with E-state index >= 15 is 0 Å². The first-order chi connectivity index (χ1) is 16.7. The Balaban J connectivity index is 1.71. The SMILES string of the molecule is O=C1CS/C(=N/S(=O)(=O)c2ccc(-n3c(C(F)(F)F)nnc3C(F)(F)F)cc2)N1c1ccc(Cl)cc1. The van der Waals surface area contributed by atoms with Gasteiger partial charge in [-0.2, -0.15) is 34.8 Å². The fourth-order valence-electron chi connectivity index (χ4n) is 3.09. The second-order valence-electron chi connectivity index (χ2n) is 7.02. The van der Waals surface area contributed by atoms with Gasteiger partial charge < -0.3 is 0 Å². The molecule has 0 atom stereocenters. The van der Waals surface area contributed by atoms with E-state index in [2.05, 4.69) is 14.6 Å². The fourth-order valence-corrected chi connectivity index (χ4v) is 5.31. The molecule has 0 unspecified atom stereocenters. The third-order valence-electron chi connectivity index (χ3n) is 4.61. The lowest BCUT2D eigenvalue weighted by molar-refractivity contribution is -0.153. The number of thioether (sulfide) groups is 1. The van der Waals surface area contributed by atoms with Gasteiger partial charge in [0.1, 0.15) is 0 Å². The average molecular weight is 570 g/mol. The number of sulfonamides is 1. The van der Waals surface area contributed by atoms with Crippen molar-refractivity contribution in [1.82, 2.24) is 14.8 Å². The van der Waals surface area contributed by atoms with Crippen LogP contribution in [-0.2, 0) is 27.2 Å². The first kappa shape index (κ1) is 26.0. The molecular formula is C19H10ClF6N5O3S2. The van der Waals surface area contributed by atoms with Gasteiger partial charge in [0.05, 0.1) is 16.3 Å². The van der Waals surface area contributed by atoms with Gasteiger partial charge in [-0.25, -0.2) is 0 Å². The summed E-state index contributed by atoms with van der Waals surface area (Å²) < 4.78 is 108. The monoisotopic (exact) mass is 569 g/mol. The molecule has 1 aliphatic heterocycles. The standard InChI is InChI=1S/C19H10ClF6N5O3S2/c20-10-1-3-11(4-2-10)30-14(32)9-35-17(30)29-36(33,34)13-7-5-12(6-8-13)31-15(18(21,22)23)27-28-16(31)19(24,25)26/h1-8H,9H2/b29-17+. The van der Waals surface area contributed by atoms with Crippen LogP contribution in [0.1, 0.15) is 11.6 Å². The first-order valence-corrected chi connectivity index (χ1v) is 12.3. The number of amidine groups is 1. The van der Waals surface area contributed by atoms with Gasteiger partial charge in [-0.15, -0.1) is 14.6 Å². The van der Waals surface area contributed by atoms with Crippen molar-refractivity contribution in [2.24, 2.45) is 4.40 Å². The number of alkyl halides is 6. The van der Waals surface area contributed by atoms with E-state index < -0.39 is 50.5 Å². The van der Waals surface area contributed by atoms with Gasteiger partial charge in [0.15, 0.2) is 5.17 Å². The number of carbonyl (C=O) groups excluding carboxylic acids is 1. The van der Waals surface area contributed by atoms with Crippen LogP contribution in [0.25, 0.3) is 5.69 Å². The molecule has 4 rings (SSSR count). The maximum Gasteiger partial charge on any atom is 0.452 e. The van der Waals surface area contributed by atoms with Crippen molar-refractivity contribution in [1.29, 1.82) is 0 Å². The maximum atomic E-state index is 13.2. The van der Waals surface area contributed by atoms with Crippen LogP contribution in [0.5, 0.6) is 0 Å². The Bertz CT molecular complexity index is 1420. The Hall–Kier alpha value is -3.11. The number of hydrogen-bond acceptors (Lipinski definition) is 6. The predicted molar refractivity (Wildman–Crippen MR) is 117 cm³/mol. The zero-order chi connectivity index (χ0) is 26.5. The van der Waals surface area contributed by atoms with Gasteiger partial charge in [-0.1, -0.05) is 23.4 Å². The fraction of sp³-hybridized carbons (Fsp3) is 0.158. The summed E-state index contributed by atoms with van der Waals surface area (Å²) >= 11 is 6.66. The van der Waals surface area contributed by atoms with Gasteiger partial charge in [0, 0.05) is 10.7 Å². The molecule has 3 aromatic rings. The Morgan fingerprint density at radius 1 is 0.861 bits per heavy atom. The van der Waals surface area contributed by atoms with Crippen LogP contribution in [0.15, 0.2) is 57.8 Å². The van der Waals surface area contributed by atoms with E-state index in [0.29, 0.717) is 10.7 Å². The van der Waals surface area contributed by atoms with Crippen molar-refractivity contribution >= 4 is 50.1 Å². The van der Waals surface area contributed by atoms with E-state index in [9.17, 15) is 39.6 Å². The number of carbonyl (C=O) groups is 1. The summed E-state index contributed by atoms with van der Waals surface area (Å²) in [6.07, 6.45) is -10.5. The number of rotatable bonds is 4. The summed E-state index contributed by atoms with van der Waals surface area (Å²) in [5.74, 6) is -4.45. The molecule has 36 heavy (non-hydrogen) atoms. The Morgan fingerprint density at radius 2 is 1.36 bits per heavy atom. The van der Waals surface area contributed by atoms with Crippen molar-refractivity contribution in [2.75, 3.05) is 10.7 Å². The molecule has 0 bridgehead atoms. The largest absolute Gasteiger partial charge is 0.452 e. The van der Waals surface area contributed by atoms with Gasteiger partial charge >= 0.3 is 12.4 Å². The van der Waals surface area contributed by atoms with Crippen molar-refractivity contribution in [3.05, 3.63) is 65.2 Å². The summed E-state index contributed by atoms with van der Waals surface area (Å²) in [5.41, 5.74) is -0.384. The summed E-state index contributed by atoms with van der Waals surface area (Å²) in [5, 5.41) is 5.38. The van der Waals surface area contributed by atoms with E-state index in [1.54, 1.807) is 0 Å². The molecule has 0 N–H and O–H groups in total. The molecular weight excluding hydrogens is 560 g/mol. The van der Waals surface area contributed by atoms with Crippen LogP contribution in [0, 0.1) is 0 Å². The van der Waals surface area contributed by atoms with Gasteiger partial charge in [0.25, 0.3) is 10.0 Å². The van der Waals surface area contributed by atoms with E-state index in [0.717, 1.165) is 40.9 Å². The van der Waals surface area contributed by atoms with E-state index in [-0.39, 0.29) is 15.5 Å². The molecule has 2 aromatic carbocycles. The van der Waals surface area contributed by atoms with E-state index in [1.807, 2.05) is 0 Å². The molecule has 17 heteroatoms. The lowest BCUT2D eigenvalue weighted by atomic mass is 10.3.